The van der Waals surface area contributed by atoms with Crippen molar-refractivity contribution in [2.75, 3.05) is 0 Å². The molecule has 0 spiro atoms. The van der Waals surface area contributed by atoms with Gasteiger partial charge in [-0.25, -0.2) is 0 Å². The maximum atomic E-state index is 11.1. The van der Waals surface area contributed by atoms with Crippen molar-refractivity contribution < 1.29 is 9.90 Å². The highest BCUT2D eigenvalue weighted by Crippen LogP contribution is 2.17. The number of hydrogen-bond donors (Lipinski definition) is 2. The molecule has 18 heavy (non-hydrogen) atoms. The van der Waals surface area contributed by atoms with Gasteiger partial charge in [0.1, 0.15) is 6.04 Å². The summed E-state index contributed by atoms with van der Waals surface area (Å²) < 4.78 is 0. The number of aliphatic carboxylic acids is 1. The lowest BCUT2D eigenvalue weighted by atomic mass is 10.0. The van der Waals surface area contributed by atoms with Crippen LogP contribution in [0.15, 0.2) is 18.2 Å². The highest BCUT2D eigenvalue weighted by atomic mass is 16.4. The van der Waals surface area contributed by atoms with E-state index < -0.39 is 12.0 Å². The molecule has 2 N–H and O–H groups in total. The quantitative estimate of drug-likeness (QED) is 0.814. The minimum absolute atomic E-state index is 0.0521. The second-order valence-electron chi connectivity index (χ2n) is 4.99. The molecule has 0 heterocycles. The first kappa shape index (κ1) is 14.7. The third-order valence-corrected chi connectivity index (χ3v) is 3.07. The number of hydrogen-bond acceptors (Lipinski definition) is 2. The number of carboxylic acid groups (broad SMARTS) is 1. The number of carbonyl (C=O) groups is 1. The van der Waals surface area contributed by atoms with Crippen LogP contribution in [0.3, 0.4) is 0 Å². The van der Waals surface area contributed by atoms with Gasteiger partial charge in [-0.3, -0.25) is 10.1 Å². The maximum Gasteiger partial charge on any atom is 0.320 e. The van der Waals surface area contributed by atoms with Crippen LogP contribution in [-0.2, 0) is 4.79 Å². The zero-order valence-electron chi connectivity index (χ0n) is 11.7. The van der Waals surface area contributed by atoms with Crippen molar-refractivity contribution in [3.8, 4) is 0 Å². The molecule has 0 aliphatic rings. The molecule has 1 aromatic rings. The van der Waals surface area contributed by atoms with E-state index in [9.17, 15) is 4.79 Å². The van der Waals surface area contributed by atoms with Crippen LogP contribution in [0.25, 0.3) is 0 Å². The lowest BCUT2D eigenvalue weighted by Gasteiger charge is -2.21. The first-order chi connectivity index (χ1) is 8.43. The molecule has 1 rings (SSSR count). The molecule has 0 radical (unpaired) electrons. The van der Waals surface area contributed by atoms with Crippen LogP contribution >= 0.6 is 0 Å². The molecule has 2 atom stereocenters. The second-order valence-corrected chi connectivity index (χ2v) is 4.99. The Kier molecular flexibility index (Phi) is 5.35. The molecule has 0 bridgehead atoms. The Labute approximate surface area is 109 Å². The van der Waals surface area contributed by atoms with Gasteiger partial charge >= 0.3 is 5.97 Å². The van der Waals surface area contributed by atoms with Crippen LogP contribution < -0.4 is 5.32 Å². The third kappa shape index (κ3) is 4.15. The molecule has 0 aromatic heterocycles. The SMILES string of the molecule is CCCC(NC(C)c1cc(C)cc(C)c1)C(=O)O. The van der Waals surface area contributed by atoms with Crippen molar-refractivity contribution in [2.24, 2.45) is 0 Å². The fraction of sp³-hybridized carbons (Fsp3) is 0.533. The van der Waals surface area contributed by atoms with Gasteiger partial charge in [-0.05, 0) is 32.8 Å². The molecular formula is C15H23NO2. The van der Waals surface area contributed by atoms with Gasteiger partial charge in [0.15, 0.2) is 0 Å². The standard InChI is InChI=1S/C15H23NO2/c1-5-6-14(15(17)18)16-12(4)13-8-10(2)7-11(3)9-13/h7-9,12,14,16H,5-6H2,1-4H3,(H,17,18). The summed E-state index contributed by atoms with van der Waals surface area (Å²) in [5, 5.41) is 12.3. The molecule has 1 aromatic carbocycles. The lowest BCUT2D eigenvalue weighted by molar-refractivity contribution is -0.139. The molecule has 0 aliphatic carbocycles. The zero-order valence-corrected chi connectivity index (χ0v) is 11.7. The normalized spacial score (nSPS) is 14.2. The summed E-state index contributed by atoms with van der Waals surface area (Å²) in [7, 11) is 0. The molecule has 100 valence electrons. The van der Waals surface area contributed by atoms with Crippen molar-refractivity contribution in [1.82, 2.24) is 5.32 Å². The minimum atomic E-state index is -0.770. The number of rotatable bonds is 6. The predicted molar refractivity (Wildman–Crippen MR) is 73.8 cm³/mol. The van der Waals surface area contributed by atoms with E-state index in [-0.39, 0.29) is 6.04 Å². The Morgan fingerprint density at radius 2 is 1.83 bits per heavy atom. The molecule has 0 saturated heterocycles. The molecule has 0 aliphatic heterocycles. The van der Waals surface area contributed by atoms with Crippen LogP contribution in [0.5, 0.6) is 0 Å². The molecule has 3 nitrogen and oxygen atoms in total. The summed E-state index contributed by atoms with van der Waals surface area (Å²) in [4.78, 5) is 11.1. The molecule has 0 amide bonds. The summed E-state index contributed by atoms with van der Waals surface area (Å²) in [5.41, 5.74) is 3.57. The van der Waals surface area contributed by atoms with Gasteiger partial charge in [-0.15, -0.1) is 0 Å². The summed E-state index contributed by atoms with van der Waals surface area (Å²) in [6.07, 6.45) is 1.52. The molecule has 2 unspecified atom stereocenters. The number of benzene rings is 1. The first-order valence-electron chi connectivity index (χ1n) is 6.51. The highest BCUT2D eigenvalue weighted by molar-refractivity contribution is 5.73. The average Bonchev–Trinajstić information content (AvgIpc) is 2.26. The van der Waals surface area contributed by atoms with Gasteiger partial charge in [0.2, 0.25) is 0 Å². The number of nitrogens with one attached hydrogen (secondary N) is 1. The fourth-order valence-electron chi connectivity index (χ4n) is 2.22. The van der Waals surface area contributed by atoms with E-state index in [0.29, 0.717) is 6.42 Å². The van der Waals surface area contributed by atoms with E-state index >= 15 is 0 Å². The van der Waals surface area contributed by atoms with Crippen LogP contribution in [0, 0.1) is 13.8 Å². The highest BCUT2D eigenvalue weighted by Gasteiger charge is 2.19. The predicted octanol–water partition coefficient (Wildman–Crippen LogP) is 3.21. The van der Waals surface area contributed by atoms with Crippen LogP contribution in [0.2, 0.25) is 0 Å². The van der Waals surface area contributed by atoms with E-state index in [2.05, 4.69) is 37.4 Å². The molecule has 3 heteroatoms. The third-order valence-electron chi connectivity index (χ3n) is 3.07. The van der Waals surface area contributed by atoms with E-state index in [1.807, 2.05) is 13.8 Å². The van der Waals surface area contributed by atoms with Gasteiger partial charge < -0.3 is 5.11 Å². The molecule has 0 saturated carbocycles. The number of carboxylic acids is 1. The van der Waals surface area contributed by atoms with Crippen LogP contribution in [0.1, 0.15) is 49.4 Å². The topological polar surface area (TPSA) is 49.3 Å². The maximum absolute atomic E-state index is 11.1. The van der Waals surface area contributed by atoms with E-state index in [1.54, 1.807) is 0 Å². The fourth-order valence-corrected chi connectivity index (χ4v) is 2.22. The van der Waals surface area contributed by atoms with Crippen LogP contribution in [-0.4, -0.2) is 17.1 Å². The molecular weight excluding hydrogens is 226 g/mol. The smallest absolute Gasteiger partial charge is 0.320 e. The Bertz CT molecular complexity index is 395. The zero-order chi connectivity index (χ0) is 13.7. The Hall–Kier alpha value is -1.35. The minimum Gasteiger partial charge on any atom is -0.480 e. The van der Waals surface area contributed by atoms with Gasteiger partial charge in [-0.1, -0.05) is 42.7 Å². The van der Waals surface area contributed by atoms with E-state index in [4.69, 9.17) is 5.11 Å². The first-order valence-corrected chi connectivity index (χ1v) is 6.51. The summed E-state index contributed by atoms with van der Waals surface area (Å²) in [5.74, 6) is -0.770. The Morgan fingerprint density at radius 3 is 2.28 bits per heavy atom. The van der Waals surface area contributed by atoms with Crippen molar-refractivity contribution in [3.05, 3.63) is 34.9 Å². The van der Waals surface area contributed by atoms with Gasteiger partial charge in [0.25, 0.3) is 0 Å². The summed E-state index contributed by atoms with van der Waals surface area (Å²) in [6.45, 7) is 8.13. The monoisotopic (exact) mass is 249 g/mol. The average molecular weight is 249 g/mol. The Morgan fingerprint density at radius 1 is 1.28 bits per heavy atom. The Balaban J connectivity index is 2.79. The van der Waals surface area contributed by atoms with E-state index in [0.717, 1.165) is 12.0 Å². The van der Waals surface area contributed by atoms with E-state index in [1.165, 1.54) is 11.1 Å². The van der Waals surface area contributed by atoms with Crippen molar-refractivity contribution in [1.29, 1.82) is 0 Å². The van der Waals surface area contributed by atoms with Crippen molar-refractivity contribution in [3.63, 3.8) is 0 Å². The van der Waals surface area contributed by atoms with Crippen molar-refractivity contribution in [2.45, 2.75) is 52.6 Å². The lowest BCUT2D eigenvalue weighted by Crippen LogP contribution is -2.38. The van der Waals surface area contributed by atoms with Gasteiger partial charge in [0.05, 0.1) is 0 Å². The largest absolute Gasteiger partial charge is 0.480 e. The summed E-state index contributed by atoms with van der Waals surface area (Å²) in [6, 6.07) is 5.92. The second kappa shape index (κ2) is 6.55. The van der Waals surface area contributed by atoms with Gasteiger partial charge in [0, 0.05) is 6.04 Å². The van der Waals surface area contributed by atoms with Crippen molar-refractivity contribution >= 4 is 5.97 Å². The molecule has 0 fully saturated rings. The van der Waals surface area contributed by atoms with Crippen LogP contribution in [0.4, 0.5) is 0 Å². The number of aryl methyl sites for hydroxylation is 2. The van der Waals surface area contributed by atoms with Gasteiger partial charge in [-0.2, -0.15) is 0 Å². The summed E-state index contributed by atoms with van der Waals surface area (Å²) >= 11 is 0.